The number of hydrogen-bond acceptors (Lipinski definition) is 7. The number of carbonyl (C=O) groups excluding carboxylic acids is 1. The van der Waals surface area contributed by atoms with Crippen LogP contribution in [-0.2, 0) is 16.1 Å². The minimum Gasteiger partial charge on any atom is -0.495 e. The standard InChI is InChI=1S/C18H23N5O3/c1-11(14(19)8-15(23-20-3)12(2)25-4)21-9-13-5-6-17-16(7-13)22-18(24)10-26-17/h5-8,20-21H,1-2,9-10,19H2,3-4H3,(H,22,24). The molecule has 5 N–H and O–H groups in total. The molecule has 8 heteroatoms. The fraction of sp³-hybridized carbons (Fsp3) is 0.222. The summed E-state index contributed by atoms with van der Waals surface area (Å²) in [4.78, 5) is 11.4. The van der Waals surface area contributed by atoms with Crippen LogP contribution in [0, 0.1) is 0 Å². The van der Waals surface area contributed by atoms with Crippen LogP contribution in [0.2, 0.25) is 0 Å². The van der Waals surface area contributed by atoms with Gasteiger partial charge in [0.15, 0.2) is 6.61 Å². The number of nitrogens with zero attached hydrogens (tertiary/aromatic N) is 1. The molecule has 0 fully saturated rings. The molecule has 0 bridgehead atoms. The molecule has 1 aliphatic rings. The van der Waals surface area contributed by atoms with E-state index in [0.717, 1.165) is 5.56 Å². The lowest BCUT2D eigenvalue weighted by atomic mass is 10.1. The highest BCUT2D eigenvalue weighted by Crippen LogP contribution is 2.28. The van der Waals surface area contributed by atoms with Crippen molar-refractivity contribution in [3.63, 3.8) is 0 Å². The minimum absolute atomic E-state index is 0.0337. The number of carbonyl (C=O) groups is 1. The van der Waals surface area contributed by atoms with Gasteiger partial charge in [0, 0.05) is 13.6 Å². The molecule has 0 saturated heterocycles. The maximum atomic E-state index is 11.4. The van der Waals surface area contributed by atoms with Crippen LogP contribution in [0.5, 0.6) is 5.75 Å². The number of hydrogen-bond donors (Lipinski definition) is 4. The van der Waals surface area contributed by atoms with Gasteiger partial charge in [-0.25, -0.2) is 0 Å². The number of nitrogens with one attached hydrogen (secondary N) is 3. The molecule has 0 aliphatic carbocycles. The summed E-state index contributed by atoms with van der Waals surface area (Å²) in [6.07, 6.45) is 1.61. The maximum absolute atomic E-state index is 11.4. The van der Waals surface area contributed by atoms with E-state index < -0.39 is 0 Å². The lowest BCUT2D eigenvalue weighted by Crippen LogP contribution is -2.25. The van der Waals surface area contributed by atoms with E-state index in [1.165, 1.54) is 7.11 Å². The lowest BCUT2D eigenvalue weighted by molar-refractivity contribution is -0.118. The van der Waals surface area contributed by atoms with Gasteiger partial charge in [-0.2, -0.15) is 5.10 Å². The zero-order chi connectivity index (χ0) is 19.1. The Bertz CT molecular complexity index is 783. The Kier molecular flexibility index (Phi) is 6.26. The van der Waals surface area contributed by atoms with Crippen molar-refractivity contribution in [3.05, 3.63) is 60.1 Å². The first-order chi connectivity index (χ1) is 12.4. The molecule has 138 valence electrons. The van der Waals surface area contributed by atoms with Crippen molar-refractivity contribution in [2.75, 3.05) is 26.1 Å². The third-order valence-corrected chi connectivity index (χ3v) is 3.59. The highest BCUT2D eigenvalue weighted by molar-refractivity contribution is 6.07. The summed E-state index contributed by atoms with van der Waals surface area (Å²) in [5.74, 6) is 0.854. The molecule has 1 aliphatic heterocycles. The fourth-order valence-electron chi connectivity index (χ4n) is 2.19. The zero-order valence-corrected chi connectivity index (χ0v) is 14.9. The number of methoxy groups -OCH3 is 1. The first-order valence-corrected chi connectivity index (χ1v) is 7.88. The van der Waals surface area contributed by atoms with Crippen molar-refractivity contribution in [2.24, 2.45) is 10.8 Å². The van der Waals surface area contributed by atoms with Gasteiger partial charge >= 0.3 is 0 Å². The van der Waals surface area contributed by atoms with Gasteiger partial charge in [-0.15, -0.1) is 0 Å². The van der Waals surface area contributed by atoms with Gasteiger partial charge < -0.3 is 31.3 Å². The summed E-state index contributed by atoms with van der Waals surface area (Å²) < 4.78 is 10.4. The van der Waals surface area contributed by atoms with Crippen molar-refractivity contribution >= 4 is 17.3 Å². The van der Waals surface area contributed by atoms with E-state index in [0.29, 0.717) is 40.8 Å². The van der Waals surface area contributed by atoms with E-state index in [1.54, 1.807) is 13.1 Å². The number of rotatable bonds is 8. The van der Waals surface area contributed by atoms with Gasteiger partial charge in [0.05, 0.1) is 24.2 Å². The summed E-state index contributed by atoms with van der Waals surface area (Å²) in [6.45, 7) is 8.18. The first-order valence-electron chi connectivity index (χ1n) is 7.88. The average Bonchev–Trinajstić information content (AvgIpc) is 2.64. The Hall–Kier alpha value is -3.42. The van der Waals surface area contributed by atoms with Crippen LogP contribution < -0.4 is 26.5 Å². The van der Waals surface area contributed by atoms with Gasteiger partial charge in [0.2, 0.25) is 0 Å². The normalized spacial score (nSPS) is 13.8. The topological polar surface area (TPSA) is 110 Å². The Morgan fingerprint density at radius 2 is 2.27 bits per heavy atom. The highest BCUT2D eigenvalue weighted by Gasteiger charge is 2.15. The summed E-state index contributed by atoms with van der Waals surface area (Å²) >= 11 is 0. The van der Waals surface area contributed by atoms with E-state index in [-0.39, 0.29) is 12.5 Å². The van der Waals surface area contributed by atoms with E-state index in [2.05, 4.69) is 34.3 Å². The van der Waals surface area contributed by atoms with Crippen LogP contribution in [0.3, 0.4) is 0 Å². The van der Waals surface area contributed by atoms with Crippen molar-refractivity contribution in [3.8, 4) is 5.75 Å². The smallest absolute Gasteiger partial charge is 0.262 e. The molecular formula is C18H23N5O3. The second kappa shape index (κ2) is 8.61. The lowest BCUT2D eigenvalue weighted by Gasteiger charge is -2.19. The van der Waals surface area contributed by atoms with Crippen molar-refractivity contribution < 1.29 is 14.3 Å². The van der Waals surface area contributed by atoms with Gasteiger partial charge in [-0.3, -0.25) is 4.79 Å². The SMILES string of the molecule is C=C(NCc1ccc2c(c1)NC(=O)CO2)C(N)=CC(=NNC)C(=C)OC. The molecule has 0 aromatic heterocycles. The van der Waals surface area contributed by atoms with Crippen LogP contribution >= 0.6 is 0 Å². The molecule has 1 aromatic rings. The number of fused-ring (bicyclic) bond motifs is 1. The zero-order valence-electron chi connectivity index (χ0n) is 14.9. The van der Waals surface area contributed by atoms with Gasteiger partial charge in [0.25, 0.3) is 5.91 Å². The van der Waals surface area contributed by atoms with Gasteiger partial charge in [-0.05, 0) is 23.8 Å². The third kappa shape index (κ3) is 4.79. The maximum Gasteiger partial charge on any atom is 0.262 e. The molecule has 1 heterocycles. The molecule has 26 heavy (non-hydrogen) atoms. The van der Waals surface area contributed by atoms with Crippen LogP contribution in [0.1, 0.15) is 5.56 Å². The number of allylic oxidation sites excluding steroid dienone is 1. The van der Waals surface area contributed by atoms with Crippen LogP contribution in [0.25, 0.3) is 0 Å². The molecule has 1 aromatic carbocycles. The Morgan fingerprint density at radius 3 is 2.96 bits per heavy atom. The average molecular weight is 357 g/mol. The molecule has 0 saturated carbocycles. The quantitative estimate of drug-likeness (QED) is 0.241. The van der Waals surface area contributed by atoms with E-state index in [9.17, 15) is 4.79 Å². The predicted octanol–water partition coefficient (Wildman–Crippen LogP) is 1.20. The van der Waals surface area contributed by atoms with Crippen molar-refractivity contribution in [1.82, 2.24) is 10.7 Å². The Morgan fingerprint density at radius 1 is 1.50 bits per heavy atom. The summed E-state index contributed by atoms with van der Waals surface area (Å²) in [5, 5.41) is 9.96. The van der Waals surface area contributed by atoms with Gasteiger partial charge in [0.1, 0.15) is 17.2 Å². The molecule has 1 amide bonds. The molecule has 0 atom stereocenters. The number of benzene rings is 1. The molecule has 8 nitrogen and oxygen atoms in total. The number of ether oxygens (including phenoxy) is 2. The summed E-state index contributed by atoms with van der Waals surface area (Å²) in [5.41, 5.74) is 11.7. The van der Waals surface area contributed by atoms with Gasteiger partial charge in [-0.1, -0.05) is 19.2 Å². The molecule has 2 rings (SSSR count). The second-order valence-corrected chi connectivity index (χ2v) is 5.45. The summed E-state index contributed by atoms with van der Waals surface area (Å²) in [6, 6.07) is 5.55. The number of nitrogens with two attached hydrogens (primary N) is 1. The fourth-order valence-corrected chi connectivity index (χ4v) is 2.19. The molecular weight excluding hydrogens is 334 g/mol. The highest BCUT2D eigenvalue weighted by atomic mass is 16.5. The number of anilines is 1. The predicted molar refractivity (Wildman–Crippen MR) is 101 cm³/mol. The summed E-state index contributed by atoms with van der Waals surface area (Å²) in [7, 11) is 3.17. The Labute approximate surface area is 152 Å². The van der Waals surface area contributed by atoms with Crippen molar-refractivity contribution in [2.45, 2.75) is 6.54 Å². The van der Waals surface area contributed by atoms with E-state index in [4.69, 9.17) is 15.2 Å². The van der Waals surface area contributed by atoms with Crippen LogP contribution in [0.4, 0.5) is 5.69 Å². The first kappa shape index (κ1) is 18.9. The molecule has 0 radical (unpaired) electrons. The largest absolute Gasteiger partial charge is 0.495 e. The Balaban J connectivity index is 2.02. The third-order valence-electron chi connectivity index (χ3n) is 3.59. The second-order valence-electron chi connectivity index (χ2n) is 5.45. The monoisotopic (exact) mass is 357 g/mol. The van der Waals surface area contributed by atoms with Crippen molar-refractivity contribution in [1.29, 1.82) is 0 Å². The molecule has 0 unspecified atom stereocenters. The van der Waals surface area contributed by atoms with Crippen LogP contribution in [0.15, 0.2) is 59.7 Å². The van der Waals surface area contributed by atoms with Crippen LogP contribution in [-0.4, -0.2) is 32.4 Å². The molecule has 0 spiro atoms. The minimum atomic E-state index is -0.172. The van der Waals surface area contributed by atoms with E-state index in [1.807, 2.05) is 18.2 Å². The number of amides is 1. The number of hydrazone groups is 1. The van der Waals surface area contributed by atoms with E-state index >= 15 is 0 Å².